The molecule has 0 unspecified atom stereocenters. The van der Waals surface area contributed by atoms with E-state index in [-0.39, 0.29) is 12.0 Å². The van der Waals surface area contributed by atoms with Gasteiger partial charge in [-0.25, -0.2) is 4.98 Å². The number of nitrogens with zero attached hydrogens (tertiary/aromatic N) is 5. The molecule has 0 bridgehead atoms. The lowest BCUT2D eigenvalue weighted by atomic mass is 9.90. The number of nitrogens with one attached hydrogen (secondary N) is 1. The Morgan fingerprint density at radius 1 is 1.00 bits per heavy atom. The summed E-state index contributed by atoms with van der Waals surface area (Å²) in [6.45, 7) is 11.8. The Morgan fingerprint density at radius 3 is 2.50 bits per heavy atom. The number of pyridine rings is 2. The van der Waals surface area contributed by atoms with Gasteiger partial charge >= 0.3 is 0 Å². The predicted octanol–water partition coefficient (Wildman–Crippen LogP) is 4.78. The number of carbonyl (C=O) groups excluding carboxylic acids is 1. The molecule has 0 radical (unpaired) electrons. The monoisotopic (exact) mass is 460 g/mol. The van der Waals surface area contributed by atoms with Crippen LogP contribution in [0.1, 0.15) is 52.7 Å². The molecule has 1 saturated heterocycles. The van der Waals surface area contributed by atoms with Crippen LogP contribution in [-0.2, 0) is 11.2 Å². The first-order valence-corrected chi connectivity index (χ1v) is 12.5. The molecule has 3 aromatic rings. The van der Waals surface area contributed by atoms with E-state index in [1.807, 2.05) is 18.3 Å². The van der Waals surface area contributed by atoms with Gasteiger partial charge in [-0.05, 0) is 76.2 Å². The van der Waals surface area contributed by atoms with Crippen LogP contribution in [0, 0.1) is 11.8 Å². The van der Waals surface area contributed by atoms with Crippen molar-refractivity contribution >= 4 is 22.4 Å². The molecule has 0 spiro atoms. The number of hydrogen-bond acceptors (Lipinski definition) is 7. The largest absolute Gasteiger partial charge is 0.367 e. The number of anilines is 1. The highest BCUT2D eigenvalue weighted by Gasteiger charge is 2.25. The Labute approximate surface area is 202 Å². The maximum Gasteiger partial charge on any atom is 0.145 e. The van der Waals surface area contributed by atoms with Gasteiger partial charge in [-0.2, -0.15) is 0 Å². The smallest absolute Gasteiger partial charge is 0.145 e. The number of Topliss-reactive ketones (excluding diaryl/α,β-unsaturated/α-hetero) is 1. The summed E-state index contributed by atoms with van der Waals surface area (Å²) in [5.41, 5.74) is 2.29. The third-order valence-electron chi connectivity index (χ3n) is 6.41. The van der Waals surface area contributed by atoms with E-state index in [0.29, 0.717) is 17.9 Å². The predicted molar refractivity (Wildman–Crippen MR) is 137 cm³/mol. The topological polar surface area (TPSA) is 83.9 Å². The Balaban J connectivity index is 1.43. The van der Waals surface area contributed by atoms with Crippen LogP contribution in [-0.4, -0.2) is 56.3 Å². The fraction of sp³-hybridized carbons (Fsp3) is 0.519. The number of likely N-dealkylation sites (tertiary alicyclic amines) is 1. The summed E-state index contributed by atoms with van der Waals surface area (Å²) in [7, 11) is 0. The molecule has 0 aromatic carbocycles. The third-order valence-corrected chi connectivity index (χ3v) is 6.41. The Hall–Kier alpha value is -2.93. The standard InChI is InChI=1S/C27H36N6O/c1-18(2)5-8-33-9-6-20(7-10-33)26(34)13-23-11-21-12-24(30-15-22(21)14-29-23)25-16-28-17-27(32-25)31-19(3)4/h11-12,14-20H,5-10,13H2,1-4H3,(H,31,32). The lowest BCUT2D eigenvalue weighted by Crippen LogP contribution is -2.37. The first kappa shape index (κ1) is 24.2. The quantitative estimate of drug-likeness (QED) is 0.492. The highest BCUT2D eigenvalue weighted by atomic mass is 16.1. The van der Waals surface area contributed by atoms with Crippen LogP contribution in [0.4, 0.5) is 5.82 Å². The second-order valence-corrected chi connectivity index (χ2v) is 10.1. The summed E-state index contributed by atoms with van der Waals surface area (Å²) in [5, 5.41) is 5.23. The number of carbonyl (C=O) groups is 1. The number of fused-ring (bicyclic) bond motifs is 1. The van der Waals surface area contributed by atoms with E-state index in [2.05, 4.69) is 57.8 Å². The van der Waals surface area contributed by atoms with Gasteiger partial charge in [0.1, 0.15) is 17.3 Å². The van der Waals surface area contributed by atoms with Crippen LogP contribution in [0.15, 0.2) is 36.9 Å². The van der Waals surface area contributed by atoms with E-state index >= 15 is 0 Å². The molecule has 7 nitrogen and oxygen atoms in total. The molecule has 1 aliphatic rings. The summed E-state index contributed by atoms with van der Waals surface area (Å²) in [5.74, 6) is 1.91. The van der Waals surface area contributed by atoms with Gasteiger partial charge in [0.05, 0.1) is 18.1 Å². The Kier molecular flexibility index (Phi) is 7.83. The van der Waals surface area contributed by atoms with Crippen molar-refractivity contribution in [1.29, 1.82) is 0 Å². The minimum absolute atomic E-state index is 0.146. The first-order valence-electron chi connectivity index (χ1n) is 12.5. The van der Waals surface area contributed by atoms with Gasteiger partial charge in [-0.15, -0.1) is 0 Å². The van der Waals surface area contributed by atoms with Gasteiger partial charge in [0.2, 0.25) is 0 Å². The van der Waals surface area contributed by atoms with E-state index in [1.165, 1.54) is 6.42 Å². The van der Waals surface area contributed by atoms with E-state index in [9.17, 15) is 4.79 Å². The summed E-state index contributed by atoms with van der Waals surface area (Å²) in [6.07, 6.45) is 10.6. The Morgan fingerprint density at radius 2 is 1.76 bits per heavy atom. The van der Waals surface area contributed by atoms with Crippen molar-refractivity contribution in [3.8, 4) is 11.4 Å². The number of aromatic nitrogens is 4. The van der Waals surface area contributed by atoms with Crippen molar-refractivity contribution in [2.24, 2.45) is 11.8 Å². The van der Waals surface area contributed by atoms with E-state index in [1.54, 1.807) is 18.6 Å². The molecule has 0 atom stereocenters. The van der Waals surface area contributed by atoms with Crippen LogP contribution in [0.3, 0.4) is 0 Å². The molecule has 0 amide bonds. The zero-order chi connectivity index (χ0) is 24.1. The summed E-state index contributed by atoms with van der Waals surface area (Å²) >= 11 is 0. The SMILES string of the molecule is CC(C)CCN1CCC(C(=O)Cc2cc3cc(-c4cncc(NC(C)C)n4)ncc3cn2)CC1. The van der Waals surface area contributed by atoms with Crippen molar-refractivity contribution in [2.45, 2.75) is 59.4 Å². The van der Waals surface area contributed by atoms with Crippen molar-refractivity contribution in [3.05, 3.63) is 42.6 Å². The molecule has 7 heteroatoms. The number of piperidine rings is 1. The lowest BCUT2D eigenvalue weighted by molar-refractivity contribution is -0.123. The van der Waals surface area contributed by atoms with Gasteiger partial charge in [0.25, 0.3) is 0 Å². The fourth-order valence-electron chi connectivity index (χ4n) is 4.42. The van der Waals surface area contributed by atoms with Gasteiger partial charge in [-0.3, -0.25) is 19.7 Å². The van der Waals surface area contributed by atoms with Gasteiger partial charge in [-0.1, -0.05) is 13.8 Å². The van der Waals surface area contributed by atoms with Gasteiger partial charge in [0, 0.05) is 41.9 Å². The van der Waals surface area contributed by atoms with Gasteiger partial charge < -0.3 is 10.2 Å². The fourth-order valence-corrected chi connectivity index (χ4v) is 4.42. The second kappa shape index (κ2) is 11.0. The van der Waals surface area contributed by atoms with Crippen molar-refractivity contribution in [1.82, 2.24) is 24.8 Å². The molecule has 4 rings (SSSR count). The van der Waals surface area contributed by atoms with Crippen molar-refractivity contribution < 1.29 is 4.79 Å². The molecule has 1 N–H and O–H groups in total. The van der Waals surface area contributed by atoms with Crippen LogP contribution in [0.5, 0.6) is 0 Å². The minimum atomic E-state index is 0.146. The maximum atomic E-state index is 13.0. The second-order valence-electron chi connectivity index (χ2n) is 10.1. The van der Waals surface area contributed by atoms with E-state index in [0.717, 1.165) is 66.4 Å². The van der Waals surface area contributed by atoms with Crippen molar-refractivity contribution in [3.63, 3.8) is 0 Å². The summed E-state index contributed by atoms with van der Waals surface area (Å²) < 4.78 is 0. The molecule has 4 heterocycles. The highest BCUT2D eigenvalue weighted by molar-refractivity contribution is 5.87. The normalized spacial score (nSPS) is 15.4. The molecular weight excluding hydrogens is 424 g/mol. The van der Waals surface area contributed by atoms with Gasteiger partial charge in [0.15, 0.2) is 0 Å². The third kappa shape index (κ3) is 6.35. The average molecular weight is 461 g/mol. The van der Waals surface area contributed by atoms with Crippen LogP contribution in [0.2, 0.25) is 0 Å². The summed E-state index contributed by atoms with van der Waals surface area (Å²) in [6, 6.07) is 4.29. The molecule has 34 heavy (non-hydrogen) atoms. The number of hydrogen-bond donors (Lipinski definition) is 1. The van der Waals surface area contributed by atoms with Crippen LogP contribution >= 0.6 is 0 Å². The molecule has 0 saturated carbocycles. The molecule has 1 aliphatic heterocycles. The molecule has 1 fully saturated rings. The van der Waals surface area contributed by atoms with Crippen LogP contribution in [0.25, 0.3) is 22.2 Å². The summed E-state index contributed by atoms with van der Waals surface area (Å²) in [4.78, 5) is 33.5. The highest BCUT2D eigenvalue weighted by Crippen LogP contribution is 2.24. The molecule has 0 aliphatic carbocycles. The zero-order valence-corrected chi connectivity index (χ0v) is 20.8. The number of rotatable bonds is 9. The average Bonchev–Trinajstić information content (AvgIpc) is 2.82. The lowest BCUT2D eigenvalue weighted by Gasteiger charge is -2.31. The van der Waals surface area contributed by atoms with E-state index in [4.69, 9.17) is 0 Å². The Bertz CT molecular complexity index is 1120. The minimum Gasteiger partial charge on any atom is -0.367 e. The van der Waals surface area contributed by atoms with E-state index < -0.39 is 0 Å². The van der Waals surface area contributed by atoms with Crippen LogP contribution < -0.4 is 5.32 Å². The zero-order valence-electron chi connectivity index (χ0n) is 20.8. The van der Waals surface area contributed by atoms with Crippen molar-refractivity contribution in [2.75, 3.05) is 25.0 Å². The first-order chi connectivity index (χ1) is 16.4. The number of ketones is 1. The molecular formula is C27H36N6O. The molecule has 3 aromatic heterocycles. The maximum absolute atomic E-state index is 13.0. The molecule has 180 valence electrons.